The fourth-order valence-electron chi connectivity index (χ4n) is 1.47. The topological polar surface area (TPSA) is 93.4 Å². The first-order valence-corrected chi connectivity index (χ1v) is 6.44. The Kier molecular flexibility index (Phi) is 5.78. The lowest BCUT2D eigenvalue weighted by Crippen LogP contribution is -2.42. The van der Waals surface area contributed by atoms with Crippen molar-refractivity contribution >= 4 is 27.9 Å². The van der Waals surface area contributed by atoms with Crippen molar-refractivity contribution < 1.29 is 14.3 Å². The largest absolute Gasteiger partial charge is 0.479 e. The Labute approximate surface area is 119 Å². The van der Waals surface area contributed by atoms with E-state index >= 15 is 0 Å². The molecule has 1 aromatic carbocycles. The van der Waals surface area contributed by atoms with Gasteiger partial charge in [-0.25, -0.2) is 4.79 Å². The van der Waals surface area contributed by atoms with Gasteiger partial charge in [-0.1, -0.05) is 12.1 Å². The van der Waals surface area contributed by atoms with Crippen LogP contribution in [0, 0.1) is 0 Å². The summed E-state index contributed by atoms with van der Waals surface area (Å²) in [7, 11) is 1.81. The molecule has 0 radical (unpaired) electrons. The number of primary amides is 1. The molecule has 0 aromatic heterocycles. The Bertz CT molecular complexity index is 479. The van der Waals surface area contributed by atoms with E-state index in [0.29, 0.717) is 12.3 Å². The van der Waals surface area contributed by atoms with Crippen LogP contribution in [0.5, 0.6) is 5.75 Å². The first-order chi connectivity index (χ1) is 8.95. The Morgan fingerprint density at radius 2 is 2.16 bits per heavy atom. The summed E-state index contributed by atoms with van der Waals surface area (Å²) in [6, 6.07) is 4.67. The van der Waals surface area contributed by atoms with Crippen LogP contribution in [-0.2, 0) is 11.3 Å². The third-order valence-electron chi connectivity index (χ3n) is 2.33. The summed E-state index contributed by atoms with van der Waals surface area (Å²) in [5.41, 5.74) is 5.79. The highest BCUT2D eigenvalue weighted by atomic mass is 79.9. The number of nitrogens with one attached hydrogen (secondary N) is 2. The van der Waals surface area contributed by atoms with Gasteiger partial charge in [-0.2, -0.15) is 0 Å². The number of halogens is 1. The van der Waals surface area contributed by atoms with Crippen LogP contribution in [0.25, 0.3) is 0 Å². The average molecular weight is 330 g/mol. The number of nitrogens with two attached hydrogens (primary N) is 1. The van der Waals surface area contributed by atoms with Crippen molar-refractivity contribution in [3.63, 3.8) is 0 Å². The number of urea groups is 1. The third kappa shape index (κ3) is 4.53. The molecule has 3 amide bonds. The minimum atomic E-state index is -0.900. The number of benzene rings is 1. The van der Waals surface area contributed by atoms with Crippen LogP contribution in [-0.4, -0.2) is 25.1 Å². The number of hydrogen-bond donors (Lipinski definition) is 3. The number of para-hydroxylation sites is 1. The Hall–Kier alpha value is -1.60. The molecule has 0 aliphatic heterocycles. The Balaban J connectivity index is 2.86. The number of amides is 3. The second-order valence-electron chi connectivity index (χ2n) is 3.87. The standard InChI is InChI=1S/C12H16BrN3O3/c1-7(11(17)16-12(14)18)19-10-8(6-15-2)4-3-5-9(10)13/h3-5,7,15H,6H2,1-2H3,(H3,14,16,17,18). The average Bonchev–Trinajstić information content (AvgIpc) is 2.32. The van der Waals surface area contributed by atoms with Crippen molar-refractivity contribution in [1.29, 1.82) is 0 Å². The van der Waals surface area contributed by atoms with Gasteiger partial charge >= 0.3 is 6.03 Å². The van der Waals surface area contributed by atoms with Crippen LogP contribution in [0.4, 0.5) is 4.79 Å². The molecule has 0 heterocycles. The van der Waals surface area contributed by atoms with Crippen LogP contribution >= 0.6 is 15.9 Å². The molecule has 104 valence electrons. The van der Waals surface area contributed by atoms with Crippen LogP contribution in [0.3, 0.4) is 0 Å². The second-order valence-corrected chi connectivity index (χ2v) is 4.73. The first-order valence-electron chi connectivity index (χ1n) is 5.64. The van der Waals surface area contributed by atoms with Crippen molar-refractivity contribution in [2.24, 2.45) is 5.73 Å². The van der Waals surface area contributed by atoms with E-state index in [2.05, 4.69) is 21.2 Å². The lowest BCUT2D eigenvalue weighted by Gasteiger charge is -2.17. The lowest BCUT2D eigenvalue weighted by molar-refractivity contribution is -0.126. The zero-order chi connectivity index (χ0) is 14.4. The summed E-state index contributed by atoms with van der Waals surface area (Å²) in [5.74, 6) is -0.0253. The molecule has 1 atom stereocenters. The Morgan fingerprint density at radius 1 is 1.47 bits per heavy atom. The van der Waals surface area contributed by atoms with Gasteiger partial charge in [0, 0.05) is 12.1 Å². The maximum atomic E-state index is 11.6. The molecule has 0 bridgehead atoms. The summed E-state index contributed by atoms with van der Waals surface area (Å²) in [5, 5.41) is 4.99. The summed E-state index contributed by atoms with van der Waals surface area (Å²) in [6.45, 7) is 2.14. The van der Waals surface area contributed by atoms with Crippen LogP contribution in [0.1, 0.15) is 12.5 Å². The van der Waals surface area contributed by atoms with E-state index in [0.717, 1.165) is 10.0 Å². The van der Waals surface area contributed by atoms with Gasteiger partial charge in [0.1, 0.15) is 5.75 Å². The number of imide groups is 1. The second kappa shape index (κ2) is 7.10. The highest BCUT2D eigenvalue weighted by molar-refractivity contribution is 9.10. The third-order valence-corrected chi connectivity index (χ3v) is 2.95. The van der Waals surface area contributed by atoms with Crippen molar-refractivity contribution in [3.05, 3.63) is 28.2 Å². The maximum Gasteiger partial charge on any atom is 0.318 e. The van der Waals surface area contributed by atoms with Crippen LogP contribution in [0.2, 0.25) is 0 Å². The van der Waals surface area contributed by atoms with E-state index in [1.165, 1.54) is 0 Å². The molecule has 7 heteroatoms. The SMILES string of the molecule is CNCc1cccc(Br)c1OC(C)C(=O)NC(N)=O. The summed E-state index contributed by atoms with van der Waals surface area (Å²) in [6.07, 6.45) is -0.832. The maximum absolute atomic E-state index is 11.6. The fourth-order valence-corrected chi connectivity index (χ4v) is 1.97. The first kappa shape index (κ1) is 15.5. The number of carbonyl (C=O) groups is 2. The highest BCUT2D eigenvalue weighted by Gasteiger charge is 2.19. The molecule has 0 saturated carbocycles. The lowest BCUT2D eigenvalue weighted by atomic mass is 10.2. The van der Waals surface area contributed by atoms with Crippen molar-refractivity contribution in [2.45, 2.75) is 19.6 Å². The molecule has 6 nitrogen and oxygen atoms in total. The zero-order valence-electron chi connectivity index (χ0n) is 10.7. The molecule has 19 heavy (non-hydrogen) atoms. The highest BCUT2D eigenvalue weighted by Crippen LogP contribution is 2.29. The molecule has 0 saturated heterocycles. The summed E-state index contributed by atoms with van der Waals surface area (Å²) in [4.78, 5) is 22.2. The minimum Gasteiger partial charge on any atom is -0.479 e. The molecule has 1 aromatic rings. The van der Waals surface area contributed by atoms with Crippen molar-refractivity contribution in [3.8, 4) is 5.75 Å². The van der Waals surface area contributed by atoms with Crippen LogP contribution in [0.15, 0.2) is 22.7 Å². The van der Waals surface area contributed by atoms with Gasteiger partial charge < -0.3 is 15.8 Å². The fraction of sp³-hybridized carbons (Fsp3) is 0.333. The van der Waals surface area contributed by atoms with Gasteiger partial charge in [-0.15, -0.1) is 0 Å². The van der Waals surface area contributed by atoms with Crippen molar-refractivity contribution in [1.82, 2.24) is 10.6 Å². The van der Waals surface area contributed by atoms with E-state index in [4.69, 9.17) is 10.5 Å². The Morgan fingerprint density at radius 3 is 2.74 bits per heavy atom. The van der Waals surface area contributed by atoms with Crippen molar-refractivity contribution in [2.75, 3.05) is 7.05 Å². The molecule has 4 N–H and O–H groups in total. The van der Waals surface area contributed by atoms with E-state index in [-0.39, 0.29) is 0 Å². The van der Waals surface area contributed by atoms with E-state index in [9.17, 15) is 9.59 Å². The monoisotopic (exact) mass is 329 g/mol. The number of ether oxygens (including phenoxy) is 1. The molecule has 0 spiro atoms. The zero-order valence-corrected chi connectivity index (χ0v) is 12.3. The summed E-state index contributed by atoms with van der Waals surface area (Å²) >= 11 is 3.37. The molecule has 0 fully saturated rings. The van der Waals surface area contributed by atoms with Gasteiger partial charge in [-0.05, 0) is 36.0 Å². The smallest absolute Gasteiger partial charge is 0.318 e. The predicted octanol–water partition coefficient (Wildman–Crippen LogP) is 1.13. The number of rotatable bonds is 5. The van der Waals surface area contributed by atoms with Gasteiger partial charge in [0.05, 0.1) is 4.47 Å². The molecule has 1 rings (SSSR count). The van der Waals surface area contributed by atoms with Gasteiger partial charge in [0.25, 0.3) is 5.91 Å². The van der Waals surface area contributed by atoms with Gasteiger partial charge in [-0.3, -0.25) is 10.1 Å². The van der Waals surface area contributed by atoms with E-state index in [1.54, 1.807) is 6.92 Å². The minimum absolute atomic E-state index is 0.559. The van der Waals surface area contributed by atoms with Gasteiger partial charge in [0.15, 0.2) is 6.10 Å². The molecule has 0 aliphatic carbocycles. The molecule has 0 aliphatic rings. The van der Waals surface area contributed by atoms with E-state index in [1.807, 2.05) is 30.6 Å². The number of hydrogen-bond acceptors (Lipinski definition) is 4. The molecular formula is C12H16BrN3O3. The number of carbonyl (C=O) groups excluding carboxylic acids is 2. The quantitative estimate of drug-likeness (QED) is 0.754. The molecule has 1 unspecified atom stereocenters. The van der Waals surface area contributed by atoms with Crippen LogP contribution < -0.4 is 21.1 Å². The normalized spacial score (nSPS) is 11.7. The van der Waals surface area contributed by atoms with E-state index < -0.39 is 18.0 Å². The molecular weight excluding hydrogens is 314 g/mol. The van der Waals surface area contributed by atoms with Gasteiger partial charge in [0.2, 0.25) is 0 Å². The summed E-state index contributed by atoms with van der Waals surface area (Å²) < 4.78 is 6.32. The predicted molar refractivity (Wildman–Crippen MR) is 74.7 cm³/mol.